The van der Waals surface area contributed by atoms with E-state index in [9.17, 15) is 0 Å². The van der Waals surface area contributed by atoms with E-state index in [0.717, 1.165) is 6.42 Å². The van der Waals surface area contributed by atoms with E-state index in [2.05, 4.69) is 50.0 Å². The van der Waals surface area contributed by atoms with E-state index < -0.39 is 10.0 Å². The summed E-state index contributed by atoms with van der Waals surface area (Å²) in [6.45, 7) is 2.21. The molecule has 0 fully saturated rings. The molecule has 0 nitrogen and oxygen atoms in total. The number of rotatable bonds is 2. The second-order valence-corrected chi connectivity index (χ2v) is 7.98. The molecular weight excluding hydrogens is 164 g/mol. The van der Waals surface area contributed by atoms with Gasteiger partial charge in [0, 0.05) is 0 Å². The van der Waals surface area contributed by atoms with Crippen LogP contribution in [0.1, 0.15) is 12.5 Å². The molecule has 0 bridgehead atoms. The van der Waals surface area contributed by atoms with Gasteiger partial charge in [0.2, 0.25) is 0 Å². The SMILES string of the molecule is CCc1cccc(S(C)(C)C)c1. The molecule has 0 unspecified atom stereocenters. The monoisotopic (exact) mass is 182 g/mol. The lowest BCUT2D eigenvalue weighted by atomic mass is 10.2. The van der Waals surface area contributed by atoms with Crippen molar-refractivity contribution in [2.75, 3.05) is 18.8 Å². The van der Waals surface area contributed by atoms with Crippen molar-refractivity contribution in [3.8, 4) is 0 Å². The number of hydrogen-bond acceptors (Lipinski definition) is 0. The van der Waals surface area contributed by atoms with Gasteiger partial charge in [-0.25, -0.2) is 10.0 Å². The van der Waals surface area contributed by atoms with Crippen LogP contribution in [-0.4, -0.2) is 18.8 Å². The maximum absolute atomic E-state index is 2.34. The van der Waals surface area contributed by atoms with Gasteiger partial charge in [-0.05, 0) is 41.7 Å². The molecule has 0 aliphatic carbocycles. The summed E-state index contributed by atoms with van der Waals surface area (Å²) in [7, 11) is -0.535. The van der Waals surface area contributed by atoms with E-state index in [0.29, 0.717) is 0 Å². The first-order chi connectivity index (χ1) is 5.54. The molecule has 0 N–H and O–H groups in total. The zero-order valence-electron chi connectivity index (χ0n) is 8.42. The molecule has 0 amide bonds. The number of hydrogen-bond donors (Lipinski definition) is 0. The van der Waals surface area contributed by atoms with Gasteiger partial charge in [0.05, 0.1) is 0 Å². The van der Waals surface area contributed by atoms with Crippen molar-refractivity contribution in [2.45, 2.75) is 18.2 Å². The largest absolute Gasteiger partial charge is 0.223 e. The molecule has 0 saturated carbocycles. The van der Waals surface area contributed by atoms with Crippen LogP contribution in [0.3, 0.4) is 0 Å². The van der Waals surface area contributed by atoms with E-state index >= 15 is 0 Å². The molecule has 0 aromatic heterocycles. The molecule has 68 valence electrons. The van der Waals surface area contributed by atoms with E-state index in [1.54, 1.807) is 0 Å². The van der Waals surface area contributed by atoms with Gasteiger partial charge in [-0.3, -0.25) is 0 Å². The fourth-order valence-corrected chi connectivity index (χ4v) is 2.14. The molecule has 0 atom stereocenters. The van der Waals surface area contributed by atoms with Crippen molar-refractivity contribution in [1.82, 2.24) is 0 Å². The maximum atomic E-state index is 2.34. The first-order valence-electron chi connectivity index (χ1n) is 4.31. The van der Waals surface area contributed by atoms with Crippen molar-refractivity contribution in [1.29, 1.82) is 0 Å². The first kappa shape index (κ1) is 9.66. The lowest BCUT2D eigenvalue weighted by Crippen LogP contribution is -1.93. The van der Waals surface area contributed by atoms with Crippen molar-refractivity contribution in [2.24, 2.45) is 0 Å². The fraction of sp³-hybridized carbons (Fsp3) is 0.455. The zero-order chi connectivity index (χ0) is 9.19. The average molecular weight is 182 g/mol. The first-order valence-corrected chi connectivity index (χ1v) is 7.17. The highest BCUT2D eigenvalue weighted by atomic mass is 32.3. The third kappa shape index (κ3) is 2.28. The van der Waals surface area contributed by atoms with Crippen LogP contribution in [0.15, 0.2) is 29.2 Å². The average Bonchev–Trinajstić information content (AvgIpc) is 2.03. The van der Waals surface area contributed by atoms with Crippen LogP contribution in [-0.2, 0) is 6.42 Å². The molecule has 0 aliphatic rings. The fourth-order valence-electron chi connectivity index (χ4n) is 1.15. The molecule has 1 heteroatoms. The Morgan fingerprint density at radius 1 is 1.17 bits per heavy atom. The molecule has 0 heterocycles. The summed E-state index contributed by atoms with van der Waals surface area (Å²) in [6.07, 6.45) is 8.15. The van der Waals surface area contributed by atoms with Crippen LogP contribution in [0.2, 0.25) is 0 Å². The maximum Gasteiger partial charge on any atom is -0.0104 e. The topological polar surface area (TPSA) is 0 Å². The smallest absolute Gasteiger partial charge is 0.0104 e. The third-order valence-electron chi connectivity index (χ3n) is 2.01. The van der Waals surface area contributed by atoms with Gasteiger partial charge in [0.15, 0.2) is 0 Å². The summed E-state index contributed by atoms with van der Waals surface area (Å²) in [5.41, 5.74) is 1.45. The van der Waals surface area contributed by atoms with E-state index in [1.807, 2.05) is 0 Å². The van der Waals surface area contributed by atoms with Crippen molar-refractivity contribution < 1.29 is 0 Å². The molecule has 12 heavy (non-hydrogen) atoms. The summed E-state index contributed by atoms with van der Waals surface area (Å²) in [5, 5.41) is 0. The van der Waals surface area contributed by atoms with E-state index in [1.165, 1.54) is 10.5 Å². The van der Waals surface area contributed by atoms with Crippen molar-refractivity contribution in [3.63, 3.8) is 0 Å². The lowest BCUT2D eigenvalue weighted by molar-refractivity contribution is 1.12. The predicted molar refractivity (Wildman–Crippen MR) is 59.4 cm³/mol. The minimum absolute atomic E-state index is 0.535. The number of aryl methyl sites for hydroxylation is 1. The summed E-state index contributed by atoms with van der Waals surface area (Å²) in [4.78, 5) is 1.52. The minimum Gasteiger partial charge on any atom is -0.223 e. The molecule has 0 aliphatic heterocycles. The van der Waals surface area contributed by atoms with Crippen LogP contribution in [0.5, 0.6) is 0 Å². The van der Waals surface area contributed by atoms with Crippen LogP contribution in [0.4, 0.5) is 0 Å². The molecule has 1 rings (SSSR count). The van der Waals surface area contributed by atoms with Gasteiger partial charge in [-0.2, -0.15) is 0 Å². The van der Waals surface area contributed by atoms with E-state index in [-0.39, 0.29) is 0 Å². The summed E-state index contributed by atoms with van der Waals surface area (Å²) in [6, 6.07) is 8.96. The summed E-state index contributed by atoms with van der Waals surface area (Å²) in [5.74, 6) is 0. The Labute approximate surface area is 77.3 Å². The van der Waals surface area contributed by atoms with Gasteiger partial charge in [0.1, 0.15) is 0 Å². The van der Waals surface area contributed by atoms with Crippen LogP contribution >= 0.6 is 10.0 Å². The zero-order valence-corrected chi connectivity index (χ0v) is 9.24. The molecular formula is C11H18S. The highest BCUT2D eigenvalue weighted by Crippen LogP contribution is 2.45. The Balaban J connectivity index is 3.02. The van der Waals surface area contributed by atoms with Gasteiger partial charge < -0.3 is 0 Å². The Kier molecular flexibility index (Phi) is 2.84. The Bertz CT molecular complexity index is 258. The normalized spacial score (nSPS) is 13.0. The van der Waals surface area contributed by atoms with Crippen molar-refractivity contribution >= 4 is 10.0 Å². The van der Waals surface area contributed by atoms with Gasteiger partial charge in [-0.15, -0.1) is 0 Å². The second-order valence-electron chi connectivity index (χ2n) is 3.84. The quantitative estimate of drug-likeness (QED) is 0.658. The molecule has 0 saturated heterocycles. The van der Waals surface area contributed by atoms with Crippen LogP contribution in [0, 0.1) is 0 Å². The van der Waals surface area contributed by atoms with Crippen molar-refractivity contribution in [3.05, 3.63) is 29.8 Å². The summed E-state index contributed by atoms with van der Waals surface area (Å²) < 4.78 is 0. The molecule has 0 radical (unpaired) electrons. The second kappa shape index (κ2) is 3.53. The van der Waals surface area contributed by atoms with Gasteiger partial charge >= 0.3 is 0 Å². The Morgan fingerprint density at radius 2 is 1.83 bits per heavy atom. The summed E-state index contributed by atoms with van der Waals surface area (Å²) >= 11 is 0. The highest BCUT2D eigenvalue weighted by Gasteiger charge is 2.06. The molecule has 0 spiro atoms. The Morgan fingerprint density at radius 3 is 2.33 bits per heavy atom. The molecule has 1 aromatic carbocycles. The van der Waals surface area contributed by atoms with Crippen LogP contribution in [0.25, 0.3) is 0 Å². The lowest BCUT2D eigenvalue weighted by Gasteiger charge is -2.26. The van der Waals surface area contributed by atoms with Gasteiger partial charge in [0.25, 0.3) is 0 Å². The Hall–Kier alpha value is -0.430. The van der Waals surface area contributed by atoms with Gasteiger partial charge in [-0.1, -0.05) is 25.1 Å². The third-order valence-corrected chi connectivity index (χ3v) is 3.68. The highest BCUT2D eigenvalue weighted by molar-refractivity contribution is 8.32. The number of benzene rings is 1. The minimum atomic E-state index is -0.535. The standard InChI is InChI=1S/C11H18S/c1-5-10-7-6-8-11(9-10)12(2,3)4/h6-9H,5H2,1-4H3. The van der Waals surface area contributed by atoms with E-state index in [4.69, 9.17) is 0 Å². The predicted octanol–water partition coefficient (Wildman–Crippen LogP) is 3.30. The van der Waals surface area contributed by atoms with Crippen LogP contribution < -0.4 is 0 Å². The molecule has 1 aromatic rings.